The Morgan fingerprint density at radius 1 is 0.879 bits per heavy atom. The average Bonchev–Trinajstić information content (AvgIpc) is 2.78. The molecule has 3 rings (SSSR count). The fraction of sp³-hybridized carbons (Fsp3) is 0.321. The van der Waals surface area contributed by atoms with E-state index in [0.717, 1.165) is 11.3 Å². The molecule has 0 atom stereocenters. The van der Waals surface area contributed by atoms with E-state index < -0.39 is 0 Å². The topological polar surface area (TPSA) is 77.0 Å². The van der Waals surface area contributed by atoms with Crippen molar-refractivity contribution in [3.05, 3.63) is 84.3 Å². The van der Waals surface area contributed by atoms with E-state index in [1.165, 1.54) is 33.5 Å². The second-order valence-electron chi connectivity index (χ2n) is 7.75. The Kier molecular flexibility index (Phi) is 17.1. The van der Waals surface area contributed by atoms with Gasteiger partial charge in [-0.2, -0.15) is 10.5 Å². The molecule has 0 aliphatic heterocycles. The van der Waals surface area contributed by atoms with Crippen LogP contribution in [-0.4, -0.2) is 18.8 Å². The molecule has 0 bridgehead atoms. The Morgan fingerprint density at radius 2 is 1.39 bits per heavy atom. The van der Waals surface area contributed by atoms with Crippen molar-refractivity contribution in [1.29, 1.82) is 10.5 Å². The van der Waals surface area contributed by atoms with Crippen molar-refractivity contribution in [1.82, 2.24) is 0 Å². The van der Waals surface area contributed by atoms with Crippen LogP contribution < -0.4 is 34.3 Å². The number of rotatable bonds is 3. The van der Waals surface area contributed by atoms with Crippen LogP contribution >= 0.6 is 0 Å². The second kappa shape index (κ2) is 17.2. The van der Waals surface area contributed by atoms with Gasteiger partial charge in [0.05, 0.1) is 24.8 Å². The third kappa shape index (κ3) is 10.4. The summed E-state index contributed by atoms with van der Waals surface area (Å²) in [6.07, 6.45) is 0. The molecule has 0 heterocycles. The number of methoxy groups -OCH3 is 1. The van der Waals surface area contributed by atoms with Gasteiger partial charge in [0.15, 0.2) is 0 Å². The van der Waals surface area contributed by atoms with Gasteiger partial charge < -0.3 is 17.3 Å². The fourth-order valence-electron chi connectivity index (χ4n) is 3.26. The summed E-state index contributed by atoms with van der Waals surface area (Å²) in [5.74, 6) is 2.02. The predicted molar refractivity (Wildman–Crippen MR) is 134 cm³/mol. The second-order valence-corrected chi connectivity index (χ2v) is 7.75. The molecule has 0 unspecified atom stereocenters. The first kappa shape index (κ1) is 32.8. The number of benzene rings is 3. The number of ether oxygens (including phenoxy) is 1. The molecule has 0 saturated carbocycles. The number of nitrogens with zero attached hydrogens (tertiary/aromatic N) is 2. The van der Waals surface area contributed by atoms with Crippen LogP contribution in [0.1, 0.15) is 61.8 Å². The van der Waals surface area contributed by atoms with Crippen LogP contribution in [0.3, 0.4) is 0 Å². The van der Waals surface area contributed by atoms with Crippen LogP contribution in [0.4, 0.5) is 0 Å². The molecular formula is C28H35N2NaO2. The van der Waals surface area contributed by atoms with Gasteiger partial charge in [-0.15, -0.1) is 0 Å². The van der Waals surface area contributed by atoms with E-state index in [0.29, 0.717) is 11.8 Å². The summed E-state index contributed by atoms with van der Waals surface area (Å²) in [6, 6.07) is 22.2. The van der Waals surface area contributed by atoms with Crippen molar-refractivity contribution < 1.29 is 39.4 Å². The number of aliphatic hydroxyl groups is 1. The largest absolute Gasteiger partial charge is 1.00 e. The SMILES string of the molecule is COc1cc2ccccc2cc1C(C)C.Cc1cc(C#N)ccc1C(C)C.N#CCO.[CH3-].[Na+]. The zero-order valence-electron chi connectivity index (χ0n) is 21.3. The van der Waals surface area contributed by atoms with Gasteiger partial charge in [0.2, 0.25) is 0 Å². The van der Waals surface area contributed by atoms with Crippen molar-refractivity contribution in [2.75, 3.05) is 13.7 Å². The molecule has 0 radical (unpaired) electrons. The van der Waals surface area contributed by atoms with Gasteiger partial charge in [-0.3, -0.25) is 0 Å². The summed E-state index contributed by atoms with van der Waals surface area (Å²) in [4.78, 5) is 0. The van der Waals surface area contributed by atoms with E-state index in [9.17, 15) is 0 Å². The standard InChI is InChI=1S/C14H16O.C11H13N.C2H3NO.CH3.Na/c1-10(2)13-8-11-6-4-5-7-12(11)9-14(13)15-3;1-8(2)11-5-4-10(7-12)6-9(11)3;3-1-2-4;;/h4-10H,1-3H3;4-6,8H,1-3H3;4H,2H2;1H3;/q;;;-1;+1. The number of aryl methyl sites for hydroxylation is 1. The predicted octanol–water partition coefficient (Wildman–Crippen LogP) is 3.92. The quantitative estimate of drug-likeness (QED) is 0.370. The molecule has 33 heavy (non-hydrogen) atoms. The maximum atomic E-state index is 8.64. The molecule has 0 spiro atoms. The minimum Gasteiger partial charge on any atom is -0.496 e. The van der Waals surface area contributed by atoms with Crippen molar-refractivity contribution in [2.45, 2.75) is 46.5 Å². The molecule has 0 fully saturated rings. The first-order valence-corrected chi connectivity index (χ1v) is 10.3. The van der Waals surface area contributed by atoms with Crippen molar-refractivity contribution in [3.8, 4) is 17.9 Å². The first-order valence-electron chi connectivity index (χ1n) is 10.3. The molecule has 1 N–H and O–H groups in total. The molecule has 4 nitrogen and oxygen atoms in total. The molecule has 3 aromatic rings. The van der Waals surface area contributed by atoms with Gasteiger partial charge in [-0.1, -0.05) is 58.0 Å². The number of hydrogen-bond acceptors (Lipinski definition) is 4. The van der Waals surface area contributed by atoms with Crippen molar-refractivity contribution in [3.63, 3.8) is 0 Å². The molecule has 0 aliphatic carbocycles. The minimum absolute atomic E-state index is 0. The van der Waals surface area contributed by atoms with E-state index in [1.807, 2.05) is 18.2 Å². The van der Waals surface area contributed by atoms with Crippen LogP contribution in [0.25, 0.3) is 10.8 Å². The van der Waals surface area contributed by atoms with Gasteiger partial charge in [-0.25, -0.2) is 0 Å². The Labute approximate surface area is 222 Å². The minimum atomic E-state index is -0.375. The van der Waals surface area contributed by atoms with Crippen LogP contribution in [-0.2, 0) is 0 Å². The van der Waals surface area contributed by atoms with E-state index in [-0.39, 0.29) is 43.6 Å². The van der Waals surface area contributed by atoms with Gasteiger partial charge in [-0.05, 0) is 70.5 Å². The number of aliphatic hydroxyl groups excluding tert-OH is 1. The number of nitriles is 2. The molecule has 5 heteroatoms. The molecule has 0 amide bonds. The molecular weight excluding hydrogens is 419 g/mol. The summed E-state index contributed by atoms with van der Waals surface area (Å²) in [6.45, 7) is 10.4. The summed E-state index contributed by atoms with van der Waals surface area (Å²) in [5.41, 5.74) is 4.56. The number of fused-ring (bicyclic) bond motifs is 1. The summed E-state index contributed by atoms with van der Waals surface area (Å²) in [7, 11) is 1.73. The Morgan fingerprint density at radius 3 is 1.79 bits per heavy atom. The van der Waals surface area contributed by atoms with E-state index in [2.05, 4.69) is 77.1 Å². The average molecular weight is 455 g/mol. The third-order valence-corrected chi connectivity index (χ3v) is 4.81. The summed E-state index contributed by atoms with van der Waals surface area (Å²) < 4.78 is 5.41. The summed E-state index contributed by atoms with van der Waals surface area (Å²) >= 11 is 0. The zero-order chi connectivity index (χ0) is 23.4. The summed E-state index contributed by atoms with van der Waals surface area (Å²) in [5, 5.41) is 26.0. The number of hydrogen-bond donors (Lipinski definition) is 1. The zero-order valence-corrected chi connectivity index (χ0v) is 23.3. The third-order valence-electron chi connectivity index (χ3n) is 4.81. The molecule has 3 aromatic carbocycles. The monoisotopic (exact) mass is 454 g/mol. The normalized spacial score (nSPS) is 9.18. The first-order chi connectivity index (χ1) is 14.8. The van der Waals surface area contributed by atoms with Gasteiger partial charge in [0.1, 0.15) is 12.4 Å². The fourth-order valence-corrected chi connectivity index (χ4v) is 3.26. The Hall–Kier alpha value is -2.34. The molecule has 0 saturated heterocycles. The Bertz CT molecular complexity index is 1060. The van der Waals surface area contributed by atoms with E-state index >= 15 is 0 Å². The van der Waals surface area contributed by atoms with Crippen LogP contribution in [0.15, 0.2) is 54.6 Å². The van der Waals surface area contributed by atoms with Crippen molar-refractivity contribution in [2.24, 2.45) is 0 Å². The van der Waals surface area contributed by atoms with Gasteiger partial charge in [0, 0.05) is 0 Å². The van der Waals surface area contributed by atoms with E-state index in [1.54, 1.807) is 7.11 Å². The molecule has 170 valence electrons. The van der Waals surface area contributed by atoms with E-state index in [4.69, 9.17) is 20.4 Å². The van der Waals surface area contributed by atoms with Crippen LogP contribution in [0.2, 0.25) is 0 Å². The molecule has 0 aromatic heterocycles. The molecule has 0 aliphatic rings. The maximum Gasteiger partial charge on any atom is 1.00 e. The van der Waals surface area contributed by atoms with Crippen molar-refractivity contribution >= 4 is 10.8 Å². The van der Waals surface area contributed by atoms with Gasteiger partial charge >= 0.3 is 29.6 Å². The van der Waals surface area contributed by atoms with Gasteiger partial charge in [0.25, 0.3) is 0 Å². The maximum absolute atomic E-state index is 8.64. The van der Waals surface area contributed by atoms with Crippen LogP contribution in [0.5, 0.6) is 5.75 Å². The smallest absolute Gasteiger partial charge is 0.496 e. The van der Waals surface area contributed by atoms with Crippen LogP contribution in [0, 0.1) is 37.0 Å². The Balaban J connectivity index is 0.